The molecule has 0 fully saturated rings. The minimum Gasteiger partial charge on any atom is -0.467 e. The number of nitrogens with zero attached hydrogens (tertiary/aromatic N) is 5. The molecule has 1 amide bonds. The van der Waals surface area contributed by atoms with Crippen molar-refractivity contribution < 1.29 is 18.7 Å². The zero-order valence-corrected chi connectivity index (χ0v) is 16.8. The molecule has 0 saturated carbocycles. The standard InChI is InChI=1S/C21H18N6O4/c1-13-14(2)27(10-16-4-3-7-30-16)20(17(13)8-22)24-19(28)11-31-21(29)15-5-6-18-25-23-12-26(18)9-15/h3-7,9,12H,10-11H2,1-2H3,(H,24,28). The molecule has 0 saturated heterocycles. The van der Waals surface area contributed by atoms with Gasteiger partial charge in [-0.15, -0.1) is 10.2 Å². The van der Waals surface area contributed by atoms with Crippen molar-refractivity contribution in [3.8, 4) is 6.07 Å². The van der Waals surface area contributed by atoms with Crippen molar-refractivity contribution in [3.05, 3.63) is 71.2 Å². The number of aromatic nitrogens is 4. The third kappa shape index (κ3) is 3.89. The Morgan fingerprint density at radius 3 is 2.87 bits per heavy atom. The highest BCUT2D eigenvalue weighted by atomic mass is 16.5. The maximum atomic E-state index is 12.5. The second-order valence-electron chi connectivity index (χ2n) is 6.85. The molecule has 156 valence electrons. The Balaban J connectivity index is 1.48. The maximum absolute atomic E-state index is 12.5. The van der Waals surface area contributed by atoms with Crippen LogP contribution in [0.5, 0.6) is 0 Å². The van der Waals surface area contributed by atoms with Crippen LogP contribution in [0.4, 0.5) is 5.82 Å². The quantitative estimate of drug-likeness (QED) is 0.476. The van der Waals surface area contributed by atoms with Crippen molar-refractivity contribution in [2.24, 2.45) is 0 Å². The molecule has 4 aromatic rings. The summed E-state index contributed by atoms with van der Waals surface area (Å²) in [6, 6.07) is 8.86. The zero-order chi connectivity index (χ0) is 22.0. The summed E-state index contributed by atoms with van der Waals surface area (Å²) in [6.07, 6.45) is 4.53. The molecule has 0 aliphatic carbocycles. The van der Waals surface area contributed by atoms with Gasteiger partial charge in [0.05, 0.1) is 23.9 Å². The number of carbonyl (C=O) groups excluding carboxylic acids is 2. The first-order valence-electron chi connectivity index (χ1n) is 9.36. The third-order valence-electron chi connectivity index (χ3n) is 4.95. The minimum absolute atomic E-state index is 0.255. The van der Waals surface area contributed by atoms with E-state index in [1.165, 1.54) is 12.5 Å². The number of hydrogen-bond acceptors (Lipinski definition) is 7. The fraction of sp³-hybridized carbons (Fsp3) is 0.190. The van der Waals surface area contributed by atoms with E-state index in [1.807, 2.05) is 13.8 Å². The average Bonchev–Trinajstić information content (AvgIpc) is 3.49. The van der Waals surface area contributed by atoms with Crippen LogP contribution < -0.4 is 5.32 Å². The molecule has 10 heteroatoms. The number of nitriles is 1. The summed E-state index contributed by atoms with van der Waals surface area (Å²) in [5.74, 6) is -0.215. The first-order chi connectivity index (χ1) is 15.0. The van der Waals surface area contributed by atoms with Gasteiger partial charge in [0.15, 0.2) is 12.3 Å². The Hall–Kier alpha value is -4.39. The number of fused-ring (bicyclic) bond motifs is 1. The Labute approximate surface area is 176 Å². The molecule has 10 nitrogen and oxygen atoms in total. The molecule has 31 heavy (non-hydrogen) atoms. The van der Waals surface area contributed by atoms with Crippen LogP contribution in [0, 0.1) is 25.2 Å². The number of carbonyl (C=O) groups is 2. The first-order valence-corrected chi connectivity index (χ1v) is 9.36. The molecule has 0 bridgehead atoms. The highest BCUT2D eigenvalue weighted by Gasteiger charge is 2.21. The van der Waals surface area contributed by atoms with Crippen molar-refractivity contribution in [2.75, 3.05) is 11.9 Å². The van der Waals surface area contributed by atoms with Gasteiger partial charge in [-0.05, 0) is 43.7 Å². The Kier molecular flexibility index (Phi) is 5.24. The molecule has 0 radical (unpaired) electrons. The summed E-state index contributed by atoms with van der Waals surface area (Å²) in [4.78, 5) is 24.8. The fourth-order valence-electron chi connectivity index (χ4n) is 3.22. The number of hydrogen-bond donors (Lipinski definition) is 1. The summed E-state index contributed by atoms with van der Waals surface area (Å²) in [7, 11) is 0. The second-order valence-corrected chi connectivity index (χ2v) is 6.85. The molecular weight excluding hydrogens is 400 g/mol. The number of rotatable bonds is 6. The normalized spacial score (nSPS) is 10.7. The lowest BCUT2D eigenvalue weighted by Crippen LogP contribution is -2.23. The van der Waals surface area contributed by atoms with E-state index in [2.05, 4.69) is 21.6 Å². The van der Waals surface area contributed by atoms with Gasteiger partial charge in [0.2, 0.25) is 0 Å². The first kappa shape index (κ1) is 19.9. The molecule has 0 aliphatic rings. The van der Waals surface area contributed by atoms with Crippen molar-refractivity contribution >= 4 is 23.3 Å². The number of amides is 1. The van der Waals surface area contributed by atoms with E-state index in [0.717, 1.165) is 11.3 Å². The molecule has 4 rings (SSSR count). The number of esters is 1. The van der Waals surface area contributed by atoms with E-state index in [-0.39, 0.29) is 5.56 Å². The predicted octanol–water partition coefficient (Wildman–Crippen LogP) is 2.46. The minimum atomic E-state index is -0.662. The smallest absolute Gasteiger partial charge is 0.340 e. The van der Waals surface area contributed by atoms with Gasteiger partial charge in [0.25, 0.3) is 5.91 Å². The van der Waals surface area contributed by atoms with Gasteiger partial charge in [0.1, 0.15) is 24.0 Å². The van der Waals surface area contributed by atoms with E-state index >= 15 is 0 Å². The van der Waals surface area contributed by atoms with Crippen LogP contribution >= 0.6 is 0 Å². The van der Waals surface area contributed by atoms with Gasteiger partial charge >= 0.3 is 5.97 Å². The van der Waals surface area contributed by atoms with E-state index in [1.54, 1.807) is 39.5 Å². The highest BCUT2D eigenvalue weighted by Crippen LogP contribution is 2.27. The third-order valence-corrected chi connectivity index (χ3v) is 4.95. The van der Waals surface area contributed by atoms with Crippen LogP contribution in [0.25, 0.3) is 5.65 Å². The predicted molar refractivity (Wildman–Crippen MR) is 108 cm³/mol. The largest absolute Gasteiger partial charge is 0.467 e. The Bertz CT molecular complexity index is 1310. The lowest BCUT2D eigenvalue weighted by atomic mass is 10.2. The van der Waals surface area contributed by atoms with Crippen molar-refractivity contribution in [1.82, 2.24) is 19.2 Å². The number of ether oxygens (including phenoxy) is 1. The fourth-order valence-corrected chi connectivity index (χ4v) is 3.22. The zero-order valence-electron chi connectivity index (χ0n) is 16.8. The van der Waals surface area contributed by atoms with Gasteiger partial charge in [-0.2, -0.15) is 5.26 Å². The lowest BCUT2D eigenvalue weighted by Gasteiger charge is -2.12. The highest BCUT2D eigenvalue weighted by molar-refractivity contribution is 5.96. The maximum Gasteiger partial charge on any atom is 0.340 e. The Morgan fingerprint density at radius 2 is 2.13 bits per heavy atom. The van der Waals surface area contributed by atoms with Crippen LogP contribution in [0.1, 0.15) is 32.9 Å². The van der Waals surface area contributed by atoms with Crippen LogP contribution in [0.3, 0.4) is 0 Å². The average molecular weight is 418 g/mol. The molecule has 0 aromatic carbocycles. The Morgan fingerprint density at radius 1 is 1.29 bits per heavy atom. The van der Waals surface area contributed by atoms with Gasteiger partial charge < -0.3 is 19.0 Å². The molecule has 0 atom stereocenters. The van der Waals surface area contributed by atoms with Crippen LogP contribution in [0.15, 0.2) is 47.5 Å². The van der Waals surface area contributed by atoms with E-state index in [9.17, 15) is 14.9 Å². The van der Waals surface area contributed by atoms with E-state index in [0.29, 0.717) is 29.3 Å². The van der Waals surface area contributed by atoms with Crippen LogP contribution in [0.2, 0.25) is 0 Å². The van der Waals surface area contributed by atoms with Gasteiger partial charge in [0, 0.05) is 11.9 Å². The van der Waals surface area contributed by atoms with E-state index < -0.39 is 18.5 Å². The van der Waals surface area contributed by atoms with Crippen molar-refractivity contribution in [1.29, 1.82) is 5.26 Å². The van der Waals surface area contributed by atoms with Crippen LogP contribution in [-0.4, -0.2) is 37.6 Å². The van der Waals surface area contributed by atoms with Crippen LogP contribution in [-0.2, 0) is 16.1 Å². The molecule has 4 aromatic heterocycles. The number of nitrogens with one attached hydrogen (secondary N) is 1. The monoisotopic (exact) mass is 418 g/mol. The van der Waals surface area contributed by atoms with E-state index in [4.69, 9.17) is 9.15 Å². The number of pyridine rings is 1. The molecule has 0 unspecified atom stereocenters. The summed E-state index contributed by atoms with van der Waals surface area (Å²) < 4.78 is 13.9. The molecule has 1 N–H and O–H groups in total. The topological polar surface area (TPSA) is 127 Å². The number of furan rings is 1. The van der Waals surface area contributed by atoms with Crippen molar-refractivity contribution in [3.63, 3.8) is 0 Å². The molecular formula is C21H18N6O4. The van der Waals surface area contributed by atoms with Gasteiger partial charge in [-0.3, -0.25) is 9.20 Å². The van der Waals surface area contributed by atoms with Gasteiger partial charge in [-0.1, -0.05) is 0 Å². The summed E-state index contributed by atoms with van der Waals surface area (Å²) in [6.45, 7) is 3.50. The summed E-state index contributed by atoms with van der Waals surface area (Å²) in [5.41, 5.74) is 2.76. The second kappa shape index (κ2) is 8.16. The van der Waals surface area contributed by atoms with Gasteiger partial charge in [-0.25, -0.2) is 4.79 Å². The molecule has 4 heterocycles. The molecule has 0 aliphatic heterocycles. The lowest BCUT2D eigenvalue weighted by molar-refractivity contribution is -0.119. The SMILES string of the molecule is Cc1c(C#N)c(NC(=O)COC(=O)c2ccc3nncn3c2)n(Cc2ccco2)c1C. The number of anilines is 1. The summed E-state index contributed by atoms with van der Waals surface area (Å²) >= 11 is 0. The summed E-state index contributed by atoms with van der Waals surface area (Å²) in [5, 5.41) is 19.9. The molecule has 0 spiro atoms. The van der Waals surface area contributed by atoms with Crippen molar-refractivity contribution in [2.45, 2.75) is 20.4 Å².